The van der Waals surface area contributed by atoms with Gasteiger partial charge in [0, 0.05) is 11.9 Å². The van der Waals surface area contributed by atoms with Crippen molar-refractivity contribution < 1.29 is 9.50 Å². The minimum atomic E-state index is -0.964. The molecule has 1 heterocycles. The van der Waals surface area contributed by atoms with Crippen LogP contribution in [-0.2, 0) is 0 Å². The third kappa shape index (κ3) is 3.18. The zero-order valence-electron chi connectivity index (χ0n) is 12.8. The Morgan fingerprint density at radius 1 is 1.16 bits per heavy atom. The second-order valence-corrected chi connectivity index (χ2v) is 5.14. The van der Waals surface area contributed by atoms with Gasteiger partial charge in [-0.2, -0.15) is 0 Å². The van der Waals surface area contributed by atoms with Crippen molar-refractivity contribution in [2.45, 2.75) is 0 Å². The first kappa shape index (κ1) is 16.2. The van der Waals surface area contributed by atoms with Crippen LogP contribution in [0.4, 0.5) is 15.8 Å². The van der Waals surface area contributed by atoms with Crippen molar-refractivity contribution in [2.24, 2.45) is 4.99 Å². The number of H-pyrrole nitrogens is 1. The lowest BCUT2D eigenvalue weighted by molar-refractivity contribution is 0.427. The van der Waals surface area contributed by atoms with E-state index >= 15 is 0 Å². The van der Waals surface area contributed by atoms with E-state index in [1.807, 2.05) is 4.98 Å². The molecule has 0 aliphatic heterocycles. The number of anilines is 1. The Hall–Kier alpha value is -3.68. The summed E-state index contributed by atoms with van der Waals surface area (Å²) in [5, 5.41) is 10.3. The van der Waals surface area contributed by atoms with Gasteiger partial charge in [-0.05, 0) is 30.3 Å². The summed E-state index contributed by atoms with van der Waals surface area (Å²) in [6.45, 7) is 0. The van der Waals surface area contributed by atoms with E-state index in [1.54, 1.807) is 24.3 Å². The smallest absolute Gasteiger partial charge is 0.335 e. The van der Waals surface area contributed by atoms with E-state index in [0.717, 1.165) is 12.3 Å². The van der Waals surface area contributed by atoms with Crippen LogP contribution in [0, 0.1) is 5.82 Å². The molecule has 0 bridgehead atoms. The Labute approximate surface area is 140 Å². The van der Waals surface area contributed by atoms with Gasteiger partial charge in [0.2, 0.25) is 5.88 Å². The lowest BCUT2D eigenvalue weighted by Gasteiger charge is -2.10. The summed E-state index contributed by atoms with van der Waals surface area (Å²) in [6.07, 6.45) is 1.08. The Bertz CT molecular complexity index is 1090. The van der Waals surface area contributed by atoms with E-state index < -0.39 is 22.9 Å². The number of nitrogen functional groups attached to an aromatic ring is 1. The van der Waals surface area contributed by atoms with Crippen molar-refractivity contribution in [3.05, 3.63) is 80.7 Å². The molecule has 3 rings (SSSR count). The molecule has 8 heteroatoms. The van der Waals surface area contributed by atoms with Crippen LogP contribution in [-0.4, -0.2) is 20.9 Å². The Morgan fingerprint density at radius 2 is 1.92 bits per heavy atom. The summed E-state index contributed by atoms with van der Waals surface area (Å²) in [7, 11) is 0. The second kappa shape index (κ2) is 6.44. The van der Waals surface area contributed by atoms with Crippen LogP contribution < -0.4 is 17.0 Å². The van der Waals surface area contributed by atoms with Crippen LogP contribution in [0.5, 0.6) is 5.88 Å². The number of aliphatic imine (C=N–C) groups is 1. The largest absolute Gasteiger partial charge is 0.493 e. The molecule has 1 aromatic heterocycles. The number of nitrogens with one attached hydrogen (secondary N) is 1. The fourth-order valence-electron chi connectivity index (χ4n) is 2.26. The maximum atomic E-state index is 14.0. The van der Waals surface area contributed by atoms with Gasteiger partial charge in [0.05, 0.1) is 11.4 Å². The van der Waals surface area contributed by atoms with Gasteiger partial charge < -0.3 is 10.8 Å². The lowest BCUT2D eigenvalue weighted by atomic mass is 10.2. The number of aromatic nitrogens is 2. The molecule has 4 N–H and O–H groups in total. The molecule has 3 aromatic rings. The van der Waals surface area contributed by atoms with Crippen LogP contribution in [0.15, 0.2) is 63.1 Å². The monoisotopic (exact) mass is 340 g/mol. The van der Waals surface area contributed by atoms with Crippen LogP contribution in [0.2, 0.25) is 0 Å². The first-order chi connectivity index (χ1) is 12.0. The van der Waals surface area contributed by atoms with Gasteiger partial charge in [-0.15, -0.1) is 0 Å². The van der Waals surface area contributed by atoms with Crippen molar-refractivity contribution in [1.82, 2.24) is 9.55 Å². The quantitative estimate of drug-likeness (QED) is 0.497. The number of hydrogen-bond acceptors (Lipinski definition) is 5. The predicted octanol–water partition coefficient (Wildman–Crippen LogP) is 1.70. The predicted molar refractivity (Wildman–Crippen MR) is 92.4 cm³/mol. The SMILES string of the molecule is Nc1cccc(N=Cc2c(O)n(-c3ccccc3F)c(=O)[nH]c2=O)c1. The summed E-state index contributed by atoms with van der Waals surface area (Å²) in [5.74, 6) is -1.45. The summed E-state index contributed by atoms with van der Waals surface area (Å²) in [4.78, 5) is 30.1. The molecule has 126 valence electrons. The highest BCUT2D eigenvalue weighted by Gasteiger charge is 2.16. The standard InChI is InChI=1S/C17H13FN4O3/c18-13-6-1-2-7-14(13)22-16(24)12(15(23)21-17(22)25)9-20-11-5-3-4-10(19)8-11/h1-9,24H,19H2,(H,21,23,25). The maximum absolute atomic E-state index is 14.0. The molecule has 0 amide bonds. The molecule has 0 aliphatic rings. The summed E-state index contributed by atoms with van der Waals surface area (Å²) >= 11 is 0. The third-order valence-corrected chi connectivity index (χ3v) is 3.43. The Balaban J connectivity index is 2.16. The van der Waals surface area contributed by atoms with E-state index in [4.69, 9.17) is 5.73 Å². The fourth-order valence-corrected chi connectivity index (χ4v) is 2.26. The number of rotatable bonds is 3. The van der Waals surface area contributed by atoms with Crippen LogP contribution in [0.25, 0.3) is 5.69 Å². The number of halogens is 1. The van der Waals surface area contributed by atoms with Gasteiger partial charge in [0.25, 0.3) is 5.56 Å². The van der Waals surface area contributed by atoms with E-state index in [2.05, 4.69) is 4.99 Å². The molecule has 0 spiro atoms. The van der Waals surface area contributed by atoms with Gasteiger partial charge in [0.1, 0.15) is 11.4 Å². The topological polar surface area (TPSA) is 113 Å². The molecular weight excluding hydrogens is 327 g/mol. The third-order valence-electron chi connectivity index (χ3n) is 3.43. The Kier molecular flexibility index (Phi) is 4.17. The van der Waals surface area contributed by atoms with E-state index in [0.29, 0.717) is 15.9 Å². The van der Waals surface area contributed by atoms with Crippen molar-refractivity contribution in [1.29, 1.82) is 0 Å². The van der Waals surface area contributed by atoms with Gasteiger partial charge >= 0.3 is 5.69 Å². The number of aromatic amines is 1. The molecule has 7 nitrogen and oxygen atoms in total. The van der Waals surface area contributed by atoms with Gasteiger partial charge in [0.15, 0.2) is 0 Å². The molecule has 25 heavy (non-hydrogen) atoms. The number of benzene rings is 2. The van der Waals surface area contributed by atoms with Crippen LogP contribution >= 0.6 is 0 Å². The highest BCUT2D eigenvalue weighted by molar-refractivity contribution is 5.84. The molecule has 0 radical (unpaired) electrons. The molecule has 0 aliphatic carbocycles. The lowest BCUT2D eigenvalue weighted by Crippen LogP contribution is -2.31. The van der Waals surface area contributed by atoms with E-state index in [1.165, 1.54) is 18.2 Å². The number of para-hydroxylation sites is 1. The van der Waals surface area contributed by atoms with Gasteiger partial charge in [-0.25, -0.2) is 13.8 Å². The zero-order valence-corrected chi connectivity index (χ0v) is 12.8. The van der Waals surface area contributed by atoms with Crippen molar-refractivity contribution in [3.63, 3.8) is 0 Å². The van der Waals surface area contributed by atoms with E-state index in [-0.39, 0.29) is 11.3 Å². The number of nitrogens with zero attached hydrogens (tertiary/aromatic N) is 2. The number of aromatic hydroxyl groups is 1. The number of hydrogen-bond donors (Lipinski definition) is 3. The van der Waals surface area contributed by atoms with E-state index in [9.17, 15) is 19.1 Å². The molecule has 0 fully saturated rings. The highest BCUT2D eigenvalue weighted by atomic mass is 19.1. The van der Waals surface area contributed by atoms with Gasteiger partial charge in [-0.3, -0.25) is 14.8 Å². The average Bonchev–Trinajstić information content (AvgIpc) is 2.56. The maximum Gasteiger partial charge on any atom is 0.335 e. The first-order valence-electron chi connectivity index (χ1n) is 7.20. The molecule has 0 saturated heterocycles. The molecule has 0 unspecified atom stereocenters. The van der Waals surface area contributed by atoms with Crippen LogP contribution in [0.1, 0.15) is 5.56 Å². The van der Waals surface area contributed by atoms with Crippen molar-refractivity contribution in [2.75, 3.05) is 5.73 Å². The summed E-state index contributed by atoms with van der Waals surface area (Å²) in [5.41, 5.74) is 4.28. The minimum Gasteiger partial charge on any atom is -0.493 e. The van der Waals surface area contributed by atoms with Crippen LogP contribution in [0.3, 0.4) is 0 Å². The van der Waals surface area contributed by atoms with Crippen molar-refractivity contribution >= 4 is 17.6 Å². The minimum absolute atomic E-state index is 0.195. The molecule has 0 atom stereocenters. The first-order valence-corrected chi connectivity index (χ1v) is 7.20. The Morgan fingerprint density at radius 3 is 2.64 bits per heavy atom. The van der Waals surface area contributed by atoms with Gasteiger partial charge in [-0.1, -0.05) is 18.2 Å². The molecular formula is C17H13FN4O3. The zero-order chi connectivity index (χ0) is 18.0. The fraction of sp³-hybridized carbons (Fsp3) is 0. The molecule has 2 aromatic carbocycles. The normalized spacial score (nSPS) is 11.1. The number of nitrogens with two attached hydrogens (primary N) is 1. The summed E-state index contributed by atoms with van der Waals surface area (Å²) in [6, 6.07) is 11.9. The van der Waals surface area contributed by atoms with Crippen molar-refractivity contribution in [3.8, 4) is 11.6 Å². The second-order valence-electron chi connectivity index (χ2n) is 5.14. The average molecular weight is 340 g/mol. The highest BCUT2D eigenvalue weighted by Crippen LogP contribution is 2.19. The summed E-state index contributed by atoms with van der Waals surface area (Å²) < 4.78 is 14.6. The molecule has 0 saturated carbocycles.